The van der Waals surface area contributed by atoms with E-state index in [4.69, 9.17) is 0 Å². The predicted molar refractivity (Wildman–Crippen MR) is 129 cm³/mol. The van der Waals surface area contributed by atoms with Crippen molar-refractivity contribution in [3.05, 3.63) is 144 Å². The van der Waals surface area contributed by atoms with Crippen LogP contribution in [0.2, 0.25) is 0 Å². The fourth-order valence-corrected chi connectivity index (χ4v) is 6.79. The van der Waals surface area contributed by atoms with Crippen LogP contribution in [0.5, 0.6) is 0 Å². The zero-order valence-corrected chi connectivity index (χ0v) is 17.8. The van der Waals surface area contributed by atoms with Gasteiger partial charge >= 0.3 is 0 Å². The van der Waals surface area contributed by atoms with Crippen molar-refractivity contribution < 1.29 is 4.57 Å². The van der Waals surface area contributed by atoms with E-state index in [1.807, 2.05) is 72.8 Å². The molecular formula is C28H25OP. The minimum absolute atomic E-state index is 0.538. The maximum absolute atomic E-state index is 14.8. The molecule has 0 amide bonds. The second-order valence-corrected chi connectivity index (χ2v) is 10.4. The lowest BCUT2D eigenvalue weighted by Gasteiger charge is -2.23. The lowest BCUT2D eigenvalue weighted by atomic mass is 10.1. The highest BCUT2D eigenvalue weighted by atomic mass is 31.2. The summed E-state index contributed by atoms with van der Waals surface area (Å²) >= 11 is 0. The van der Waals surface area contributed by atoms with Crippen molar-refractivity contribution in [3.8, 4) is 0 Å². The normalized spacial score (nSPS) is 11.9. The van der Waals surface area contributed by atoms with Crippen LogP contribution in [0.3, 0.4) is 0 Å². The highest BCUT2D eigenvalue weighted by Gasteiger charge is 2.29. The van der Waals surface area contributed by atoms with Crippen LogP contribution in [0.1, 0.15) is 22.3 Å². The van der Waals surface area contributed by atoms with Gasteiger partial charge in [0.15, 0.2) is 0 Å². The van der Waals surface area contributed by atoms with Gasteiger partial charge in [-0.2, -0.15) is 0 Å². The Morgan fingerprint density at radius 3 is 1.43 bits per heavy atom. The van der Waals surface area contributed by atoms with Gasteiger partial charge in [0.2, 0.25) is 0 Å². The highest BCUT2D eigenvalue weighted by molar-refractivity contribution is 7.73. The third kappa shape index (κ3) is 5.06. The monoisotopic (exact) mass is 408 g/mol. The van der Waals surface area contributed by atoms with Gasteiger partial charge < -0.3 is 4.57 Å². The summed E-state index contributed by atoms with van der Waals surface area (Å²) in [6.45, 7) is 0. The first-order valence-corrected chi connectivity index (χ1v) is 12.3. The molecule has 0 aliphatic rings. The second kappa shape index (κ2) is 9.57. The molecule has 0 radical (unpaired) electrons. The molecule has 0 fully saturated rings. The second-order valence-electron chi connectivity index (χ2n) is 7.48. The Bertz CT molecular complexity index is 1090. The van der Waals surface area contributed by atoms with Crippen LogP contribution in [-0.4, -0.2) is 0 Å². The summed E-state index contributed by atoms with van der Waals surface area (Å²) in [5.74, 6) is 0. The molecule has 0 aliphatic carbocycles. The quantitative estimate of drug-likeness (QED) is 0.224. The van der Waals surface area contributed by atoms with Gasteiger partial charge in [-0.15, -0.1) is 0 Å². The van der Waals surface area contributed by atoms with Crippen LogP contribution in [0, 0.1) is 0 Å². The van der Waals surface area contributed by atoms with E-state index in [9.17, 15) is 4.57 Å². The average molecular weight is 408 g/mol. The maximum Gasteiger partial charge on any atom is 0.124 e. The molecule has 148 valence electrons. The third-order valence-corrected chi connectivity index (χ3v) is 8.19. The van der Waals surface area contributed by atoms with Crippen molar-refractivity contribution in [3.63, 3.8) is 0 Å². The molecule has 0 saturated carbocycles. The molecular weight excluding hydrogens is 383 g/mol. The van der Waals surface area contributed by atoms with Crippen molar-refractivity contribution >= 4 is 18.5 Å². The van der Waals surface area contributed by atoms with Gasteiger partial charge in [0.25, 0.3) is 0 Å². The van der Waals surface area contributed by atoms with Crippen molar-refractivity contribution in [1.82, 2.24) is 0 Å². The molecule has 4 rings (SSSR count). The van der Waals surface area contributed by atoms with Crippen LogP contribution >= 0.6 is 7.14 Å². The standard InChI is InChI=1S/C28H25OP/c29-30(22-25-15-7-2-8-16-25,23-26-17-9-3-10-18-26)28(27-19-11-4-12-20-27)21-24-13-5-1-6-14-24/h1-21H,22-23H2/b28-21+. The van der Waals surface area contributed by atoms with Crippen molar-refractivity contribution in [2.45, 2.75) is 12.3 Å². The Hall–Kier alpha value is -3.15. The van der Waals surface area contributed by atoms with E-state index in [1.165, 1.54) is 0 Å². The minimum Gasteiger partial charge on any atom is -0.318 e. The minimum atomic E-state index is -2.80. The topological polar surface area (TPSA) is 17.1 Å². The Labute approximate surface area is 179 Å². The van der Waals surface area contributed by atoms with E-state index in [2.05, 4.69) is 54.6 Å². The van der Waals surface area contributed by atoms with E-state index in [1.54, 1.807) is 0 Å². The molecule has 0 bridgehead atoms. The summed E-state index contributed by atoms with van der Waals surface area (Å²) in [5, 5.41) is 0.932. The fraction of sp³-hybridized carbons (Fsp3) is 0.0714. The van der Waals surface area contributed by atoms with E-state index >= 15 is 0 Å². The molecule has 0 unspecified atom stereocenters. The van der Waals surface area contributed by atoms with Crippen molar-refractivity contribution in [2.24, 2.45) is 0 Å². The molecule has 30 heavy (non-hydrogen) atoms. The SMILES string of the molecule is O=P(Cc1ccccc1)(Cc1ccccc1)/C(=C/c1ccccc1)c1ccccc1. The van der Waals surface area contributed by atoms with Gasteiger partial charge in [-0.1, -0.05) is 121 Å². The molecule has 0 aromatic heterocycles. The number of benzene rings is 4. The zero-order valence-electron chi connectivity index (χ0n) is 16.9. The molecule has 0 atom stereocenters. The lowest BCUT2D eigenvalue weighted by Crippen LogP contribution is -1.98. The zero-order chi connectivity index (χ0) is 20.7. The van der Waals surface area contributed by atoms with E-state index in [-0.39, 0.29) is 0 Å². The number of hydrogen-bond donors (Lipinski definition) is 0. The van der Waals surface area contributed by atoms with E-state index < -0.39 is 7.14 Å². The molecule has 1 nitrogen and oxygen atoms in total. The third-order valence-electron chi connectivity index (χ3n) is 5.17. The fourth-order valence-electron chi connectivity index (χ4n) is 3.74. The number of hydrogen-bond acceptors (Lipinski definition) is 1. The maximum atomic E-state index is 14.8. The molecule has 0 N–H and O–H groups in total. The Morgan fingerprint density at radius 1 is 0.567 bits per heavy atom. The van der Waals surface area contributed by atoms with Gasteiger partial charge in [0, 0.05) is 17.6 Å². The molecule has 4 aromatic rings. The Morgan fingerprint density at radius 2 is 0.967 bits per heavy atom. The summed E-state index contributed by atoms with van der Waals surface area (Å²) < 4.78 is 14.8. The van der Waals surface area contributed by atoms with Crippen LogP contribution in [0.15, 0.2) is 121 Å². The molecule has 0 aliphatic heterocycles. The largest absolute Gasteiger partial charge is 0.318 e. The smallest absolute Gasteiger partial charge is 0.124 e. The predicted octanol–water partition coefficient (Wildman–Crippen LogP) is 7.95. The first-order valence-electron chi connectivity index (χ1n) is 10.2. The van der Waals surface area contributed by atoms with Crippen molar-refractivity contribution in [1.29, 1.82) is 0 Å². The van der Waals surface area contributed by atoms with Crippen molar-refractivity contribution in [2.75, 3.05) is 0 Å². The van der Waals surface area contributed by atoms with Crippen LogP contribution in [0.25, 0.3) is 11.4 Å². The van der Waals surface area contributed by atoms with Gasteiger partial charge in [-0.3, -0.25) is 0 Å². The lowest BCUT2D eigenvalue weighted by molar-refractivity contribution is 0.580. The van der Waals surface area contributed by atoms with Crippen LogP contribution < -0.4 is 0 Å². The summed E-state index contributed by atoms with van der Waals surface area (Å²) in [4.78, 5) is 0. The number of rotatable bonds is 7. The average Bonchev–Trinajstić information content (AvgIpc) is 2.80. The van der Waals surface area contributed by atoms with Gasteiger partial charge in [-0.25, -0.2) is 0 Å². The van der Waals surface area contributed by atoms with Gasteiger partial charge in [0.05, 0.1) is 0 Å². The summed E-state index contributed by atoms with van der Waals surface area (Å²) in [7, 11) is -2.80. The molecule has 4 aromatic carbocycles. The summed E-state index contributed by atoms with van der Waals surface area (Å²) in [6.07, 6.45) is 3.19. The molecule has 0 spiro atoms. The van der Waals surface area contributed by atoms with Gasteiger partial charge in [0.1, 0.15) is 7.14 Å². The summed E-state index contributed by atoms with van der Waals surface area (Å²) in [6, 6.07) is 40.7. The Balaban J connectivity index is 1.86. The molecule has 0 saturated heterocycles. The Kier molecular flexibility index (Phi) is 6.42. The van der Waals surface area contributed by atoms with E-state index in [0.717, 1.165) is 27.6 Å². The van der Waals surface area contributed by atoms with Crippen LogP contribution in [0.4, 0.5) is 0 Å². The highest BCUT2D eigenvalue weighted by Crippen LogP contribution is 2.63. The first-order chi connectivity index (χ1) is 14.7. The van der Waals surface area contributed by atoms with Crippen LogP contribution in [-0.2, 0) is 16.9 Å². The van der Waals surface area contributed by atoms with Gasteiger partial charge in [-0.05, 0) is 28.3 Å². The summed E-state index contributed by atoms with van der Waals surface area (Å²) in [5.41, 5.74) is 4.30. The molecule has 2 heteroatoms. The molecule has 0 heterocycles. The first kappa shape index (κ1) is 20.1. The van der Waals surface area contributed by atoms with E-state index in [0.29, 0.717) is 12.3 Å².